The lowest BCUT2D eigenvalue weighted by Crippen LogP contribution is -2.45. The number of piperidine rings is 1. The van der Waals surface area contributed by atoms with Crippen LogP contribution in [0.25, 0.3) is 11.1 Å². The van der Waals surface area contributed by atoms with Crippen molar-refractivity contribution < 1.29 is 9.53 Å². The number of nitrogens with zero attached hydrogens (tertiary/aromatic N) is 2. The molecular weight excluding hydrogens is 384 g/mol. The van der Waals surface area contributed by atoms with E-state index in [1.54, 1.807) is 0 Å². The summed E-state index contributed by atoms with van der Waals surface area (Å²) in [6, 6.07) is 21.6. The van der Waals surface area contributed by atoms with Gasteiger partial charge in [0.15, 0.2) is 0 Å². The van der Waals surface area contributed by atoms with Gasteiger partial charge in [0, 0.05) is 36.3 Å². The smallest absolute Gasteiger partial charge is 0.410 e. The molecule has 3 atom stereocenters. The Morgan fingerprint density at radius 1 is 0.968 bits per heavy atom. The summed E-state index contributed by atoms with van der Waals surface area (Å²) in [7, 11) is 0. The Balaban J connectivity index is 1.22. The van der Waals surface area contributed by atoms with Crippen molar-refractivity contribution in [2.45, 2.75) is 49.6 Å². The van der Waals surface area contributed by atoms with E-state index in [4.69, 9.17) is 4.74 Å². The van der Waals surface area contributed by atoms with Gasteiger partial charge >= 0.3 is 6.09 Å². The van der Waals surface area contributed by atoms with Gasteiger partial charge in [0.05, 0.1) is 0 Å². The summed E-state index contributed by atoms with van der Waals surface area (Å²) >= 11 is 0. The van der Waals surface area contributed by atoms with Gasteiger partial charge in [-0.25, -0.2) is 4.79 Å². The summed E-state index contributed by atoms with van der Waals surface area (Å²) in [6.07, 6.45) is 7.93. The minimum atomic E-state index is -0.150. The molecule has 2 fully saturated rings. The van der Waals surface area contributed by atoms with Crippen molar-refractivity contribution in [1.29, 1.82) is 0 Å². The van der Waals surface area contributed by atoms with Crippen molar-refractivity contribution in [1.82, 2.24) is 9.88 Å². The fraction of sp³-hybridized carbons (Fsp3) is 0.333. The van der Waals surface area contributed by atoms with Crippen molar-refractivity contribution in [3.8, 4) is 11.1 Å². The number of amides is 1. The fourth-order valence-electron chi connectivity index (χ4n) is 6.09. The SMILES string of the molecule is O=C(OCC1c2ccccc2-c2ccccc21)N1C2CCCC1C(c1cccnc1)C2. The van der Waals surface area contributed by atoms with E-state index in [1.165, 1.54) is 34.2 Å². The third kappa shape index (κ3) is 3.04. The summed E-state index contributed by atoms with van der Waals surface area (Å²) in [4.78, 5) is 19.7. The molecule has 3 unspecified atom stereocenters. The molecule has 1 aliphatic carbocycles. The number of carbonyl (C=O) groups excluding carboxylic acids is 1. The summed E-state index contributed by atoms with van der Waals surface area (Å²) in [5, 5.41) is 0. The maximum Gasteiger partial charge on any atom is 0.410 e. The molecule has 4 heteroatoms. The quantitative estimate of drug-likeness (QED) is 0.553. The van der Waals surface area contributed by atoms with Crippen molar-refractivity contribution >= 4 is 6.09 Å². The molecular formula is C27H26N2O2. The predicted molar refractivity (Wildman–Crippen MR) is 120 cm³/mol. The van der Waals surface area contributed by atoms with Gasteiger partial charge in [-0.05, 0) is 59.6 Å². The van der Waals surface area contributed by atoms with Gasteiger partial charge in [-0.1, -0.05) is 54.6 Å². The molecule has 1 amide bonds. The van der Waals surface area contributed by atoms with Crippen LogP contribution < -0.4 is 0 Å². The van der Waals surface area contributed by atoms with Crippen LogP contribution in [0.2, 0.25) is 0 Å². The van der Waals surface area contributed by atoms with Crippen LogP contribution in [-0.2, 0) is 4.74 Å². The number of ether oxygens (including phenoxy) is 1. The van der Waals surface area contributed by atoms with Gasteiger partial charge in [0.25, 0.3) is 0 Å². The van der Waals surface area contributed by atoms with E-state index >= 15 is 0 Å². The first-order valence-electron chi connectivity index (χ1n) is 11.3. The molecule has 2 aliphatic heterocycles. The number of fused-ring (bicyclic) bond motifs is 5. The van der Waals surface area contributed by atoms with Crippen molar-refractivity contribution in [2.24, 2.45) is 0 Å². The molecule has 6 rings (SSSR count). The van der Waals surface area contributed by atoms with Gasteiger partial charge in [0.1, 0.15) is 6.61 Å². The summed E-state index contributed by atoms with van der Waals surface area (Å²) in [5.41, 5.74) is 6.27. The molecule has 0 radical (unpaired) electrons. The van der Waals surface area contributed by atoms with Crippen molar-refractivity contribution in [3.05, 3.63) is 89.7 Å². The zero-order chi connectivity index (χ0) is 20.8. The fourth-order valence-corrected chi connectivity index (χ4v) is 6.09. The summed E-state index contributed by atoms with van der Waals surface area (Å²) in [5.74, 6) is 0.467. The molecule has 4 nitrogen and oxygen atoms in total. The Hall–Kier alpha value is -3.14. The number of pyridine rings is 1. The van der Waals surface area contributed by atoms with Crippen molar-refractivity contribution in [3.63, 3.8) is 0 Å². The molecule has 2 aromatic carbocycles. The highest BCUT2D eigenvalue weighted by atomic mass is 16.6. The van der Waals surface area contributed by atoms with Gasteiger partial charge in [0.2, 0.25) is 0 Å². The summed E-state index contributed by atoms with van der Waals surface area (Å²) in [6.45, 7) is 0.389. The van der Waals surface area contributed by atoms with Crippen LogP contribution in [0.3, 0.4) is 0 Å². The van der Waals surface area contributed by atoms with Gasteiger partial charge in [-0.2, -0.15) is 0 Å². The van der Waals surface area contributed by atoms with Crippen LogP contribution in [-0.4, -0.2) is 34.7 Å². The molecule has 2 saturated heterocycles. The first-order chi connectivity index (χ1) is 15.3. The van der Waals surface area contributed by atoms with E-state index in [0.717, 1.165) is 19.3 Å². The zero-order valence-electron chi connectivity index (χ0n) is 17.5. The third-order valence-electron chi connectivity index (χ3n) is 7.44. The number of hydrogen-bond acceptors (Lipinski definition) is 3. The second kappa shape index (κ2) is 7.52. The van der Waals surface area contributed by atoms with Gasteiger partial charge in [-0.3, -0.25) is 4.98 Å². The lowest BCUT2D eigenvalue weighted by molar-refractivity contribution is 0.0667. The molecule has 3 aliphatic rings. The first kappa shape index (κ1) is 18.6. The molecule has 0 N–H and O–H groups in total. The highest BCUT2D eigenvalue weighted by molar-refractivity contribution is 5.79. The van der Waals surface area contributed by atoms with E-state index in [1.807, 2.05) is 23.4 Å². The van der Waals surface area contributed by atoms with Crippen LogP contribution in [0.15, 0.2) is 73.1 Å². The third-order valence-corrected chi connectivity index (χ3v) is 7.44. The average molecular weight is 411 g/mol. The Morgan fingerprint density at radius 2 is 1.71 bits per heavy atom. The predicted octanol–water partition coefficient (Wildman–Crippen LogP) is 5.74. The van der Waals surface area contributed by atoms with Gasteiger partial charge < -0.3 is 9.64 Å². The minimum Gasteiger partial charge on any atom is -0.448 e. The second-order valence-electron chi connectivity index (χ2n) is 8.99. The Labute approximate surface area is 182 Å². The lowest BCUT2D eigenvalue weighted by Gasteiger charge is -2.35. The van der Waals surface area contributed by atoms with E-state index in [9.17, 15) is 4.79 Å². The highest BCUT2D eigenvalue weighted by Crippen LogP contribution is 2.47. The monoisotopic (exact) mass is 410 g/mol. The molecule has 3 heterocycles. The molecule has 0 saturated carbocycles. The molecule has 3 aromatic rings. The van der Waals surface area contributed by atoms with Gasteiger partial charge in [-0.15, -0.1) is 0 Å². The van der Waals surface area contributed by atoms with Crippen molar-refractivity contribution in [2.75, 3.05) is 6.61 Å². The van der Waals surface area contributed by atoms with Crippen LogP contribution in [0.1, 0.15) is 54.2 Å². The maximum absolute atomic E-state index is 13.3. The number of carbonyl (C=O) groups is 1. The van der Waals surface area contributed by atoms with E-state index in [2.05, 4.69) is 59.6 Å². The normalized spacial score (nSPS) is 24.0. The number of rotatable bonds is 3. The lowest BCUT2D eigenvalue weighted by atomic mass is 9.91. The van der Waals surface area contributed by atoms with Crippen LogP contribution in [0.4, 0.5) is 4.79 Å². The van der Waals surface area contributed by atoms with Crippen LogP contribution in [0.5, 0.6) is 0 Å². The minimum absolute atomic E-state index is 0.105. The molecule has 31 heavy (non-hydrogen) atoms. The summed E-state index contributed by atoms with van der Waals surface area (Å²) < 4.78 is 6.02. The highest BCUT2D eigenvalue weighted by Gasteiger charge is 2.47. The van der Waals surface area contributed by atoms with E-state index < -0.39 is 0 Å². The number of aromatic nitrogens is 1. The Morgan fingerprint density at radius 3 is 2.42 bits per heavy atom. The van der Waals surface area contributed by atoms with Crippen LogP contribution in [0, 0.1) is 0 Å². The standard InChI is InChI=1S/C27H26N2O2/c30-27(29-19-8-5-13-26(29)24(15-19)18-7-6-14-28-16-18)31-17-25-22-11-3-1-9-20(22)21-10-2-4-12-23(21)25/h1-4,6-7,9-12,14,16,19,24-26H,5,8,13,15,17H2. The van der Waals surface area contributed by atoms with E-state index in [-0.39, 0.29) is 24.1 Å². The molecule has 0 spiro atoms. The Bertz CT molecular complexity index is 1070. The zero-order valence-corrected chi connectivity index (χ0v) is 17.5. The number of benzene rings is 2. The molecule has 1 aromatic heterocycles. The number of hydrogen-bond donors (Lipinski definition) is 0. The van der Waals surface area contributed by atoms with Crippen LogP contribution >= 0.6 is 0 Å². The molecule has 156 valence electrons. The Kier molecular flexibility index (Phi) is 4.52. The maximum atomic E-state index is 13.3. The average Bonchev–Trinajstić information content (AvgIpc) is 3.26. The first-order valence-corrected chi connectivity index (χ1v) is 11.3. The van der Waals surface area contributed by atoms with E-state index in [0.29, 0.717) is 12.5 Å². The largest absolute Gasteiger partial charge is 0.448 e. The molecule has 2 bridgehead atoms. The topological polar surface area (TPSA) is 42.4 Å². The second-order valence-corrected chi connectivity index (χ2v) is 8.99.